The van der Waals surface area contributed by atoms with Crippen molar-refractivity contribution < 1.29 is 9.53 Å². The maximum Gasteiger partial charge on any atom is 0.220 e. The molecule has 2 saturated heterocycles. The number of ether oxygens (including phenoxy) is 1. The number of likely N-dealkylation sites (tertiary alicyclic amines) is 1. The number of halogens is 1. The van der Waals surface area contributed by atoms with Gasteiger partial charge in [-0.05, 0) is 70.6 Å². The highest BCUT2D eigenvalue weighted by molar-refractivity contribution is 14.0. The van der Waals surface area contributed by atoms with Crippen LogP contribution in [-0.2, 0) is 9.53 Å². The Morgan fingerprint density at radius 2 is 1.88 bits per heavy atom. The molecule has 2 atom stereocenters. The fourth-order valence-corrected chi connectivity index (χ4v) is 4.73. The molecular formula is C25H42IN5O2. The molecule has 2 unspecified atom stereocenters. The van der Waals surface area contributed by atoms with Gasteiger partial charge in [-0.1, -0.05) is 29.8 Å². The smallest absolute Gasteiger partial charge is 0.220 e. The van der Waals surface area contributed by atoms with Crippen LogP contribution >= 0.6 is 24.0 Å². The first-order valence-corrected chi connectivity index (χ1v) is 12.2. The van der Waals surface area contributed by atoms with Crippen molar-refractivity contribution in [2.45, 2.75) is 51.6 Å². The average molecular weight is 572 g/mol. The Bertz CT molecular complexity index is 735. The molecule has 1 aromatic carbocycles. The van der Waals surface area contributed by atoms with Gasteiger partial charge in [0, 0.05) is 38.6 Å². The Balaban J connectivity index is 0.00000385. The summed E-state index contributed by atoms with van der Waals surface area (Å²) in [6, 6.07) is 8.72. The van der Waals surface area contributed by atoms with Gasteiger partial charge >= 0.3 is 0 Å². The topological polar surface area (TPSA) is 92.0 Å². The predicted octanol–water partition coefficient (Wildman–Crippen LogP) is 3.22. The van der Waals surface area contributed by atoms with Gasteiger partial charge in [-0.2, -0.15) is 0 Å². The van der Waals surface area contributed by atoms with Gasteiger partial charge in [0.1, 0.15) is 0 Å². The molecule has 0 radical (unpaired) electrons. The number of guanidine groups is 1. The normalized spacial score (nSPS) is 22.4. The van der Waals surface area contributed by atoms with E-state index in [-0.39, 0.29) is 41.9 Å². The van der Waals surface area contributed by atoms with Gasteiger partial charge < -0.3 is 26.0 Å². The lowest BCUT2D eigenvalue weighted by Gasteiger charge is -2.32. The van der Waals surface area contributed by atoms with Crippen molar-refractivity contribution in [3.8, 4) is 0 Å². The Labute approximate surface area is 216 Å². The van der Waals surface area contributed by atoms with Gasteiger partial charge in [-0.3, -0.25) is 9.79 Å². The summed E-state index contributed by atoms with van der Waals surface area (Å²) in [5.74, 6) is 1.23. The number of aliphatic imine (C=N–C) groups is 1. The largest absolute Gasteiger partial charge is 0.373 e. The van der Waals surface area contributed by atoms with Crippen LogP contribution in [0.3, 0.4) is 0 Å². The molecule has 0 spiro atoms. The van der Waals surface area contributed by atoms with Crippen LogP contribution in [0.4, 0.5) is 0 Å². The lowest BCUT2D eigenvalue weighted by molar-refractivity contribution is -0.123. The zero-order chi connectivity index (χ0) is 22.8. The van der Waals surface area contributed by atoms with Crippen molar-refractivity contribution in [1.29, 1.82) is 0 Å². The highest BCUT2D eigenvalue weighted by Gasteiger charge is 2.27. The molecule has 2 fully saturated rings. The molecule has 7 nitrogen and oxygen atoms in total. The highest BCUT2D eigenvalue weighted by atomic mass is 127. The van der Waals surface area contributed by atoms with Crippen LogP contribution in [0.25, 0.3) is 0 Å². The number of unbranched alkanes of at least 4 members (excludes halogenated alkanes) is 1. The second-order valence-corrected chi connectivity index (χ2v) is 9.21. The predicted molar refractivity (Wildman–Crippen MR) is 145 cm³/mol. The monoisotopic (exact) mass is 571 g/mol. The molecular weight excluding hydrogens is 529 g/mol. The number of nitrogens with zero attached hydrogens (tertiary/aromatic N) is 2. The number of nitrogens with one attached hydrogen (secondary N) is 2. The lowest BCUT2D eigenvalue weighted by atomic mass is 9.89. The van der Waals surface area contributed by atoms with Crippen LogP contribution in [0, 0.1) is 18.8 Å². The zero-order valence-electron chi connectivity index (χ0n) is 20.2. The van der Waals surface area contributed by atoms with Crippen molar-refractivity contribution in [2.75, 3.05) is 46.4 Å². The van der Waals surface area contributed by atoms with E-state index in [1.807, 2.05) is 7.05 Å². The number of aryl methyl sites for hydroxylation is 1. The van der Waals surface area contributed by atoms with Crippen LogP contribution in [0.15, 0.2) is 29.3 Å². The molecule has 8 heteroatoms. The summed E-state index contributed by atoms with van der Waals surface area (Å²) in [5, 5.41) is 6.96. The number of carbonyl (C=O) groups excluding carboxylic acids is 1. The first-order chi connectivity index (χ1) is 15.6. The minimum absolute atomic E-state index is 0. The van der Waals surface area contributed by atoms with Gasteiger partial charge in [-0.25, -0.2) is 0 Å². The summed E-state index contributed by atoms with van der Waals surface area (Å²) in [4.78, 5) is 18.1. The molecule has 33 heavy (non-hydrogen) atoms. The van der Waals surface area contributed by atoms with E-state index < -0.39 is 0 Å². The van der Waals surface area contributed by atoms with Gasteiger partial charge in [0.15, 0.2) is 5.96 Å². The number of rotatable bonds is 9. The quantitative estimate of drug-likeness (QED) is 0.183. The first kappa shape index (κ1) is 27.9. The molecule has 2 aliphatic heterocycles. The minimum atomic E-state index is -0.141. The van der Waals surface area contributed by atoms with Crippen LogP contribution < -0.4 is 16.4 Å². The first-order valence-electron chi connectivity index (χ1n) is 12.2. The summed E-state index contributed by atoms with van der Waals surface area (Å²) in [7, 11) is 1.83. The number of carbonyl (C=O) groups is 1. The number of nitrogens with two attached hydrogens (primary N) is 1. The lowest BCUT2D eigenvalue weighted by Crippen LogP contribution is -2.42. The van der Waals surface area contributed by atoms with E-state index in [1.165, 1.54) is 11.1 Å². The molecule has 0 aliphatic carbocycles. The van der Waals surface area contributed by atoms with Crippen LogP contribution in [0.5, 0.6) is 0 Å². The van der Waals surface area contributed by atoms with E-state index in [4.69, 9.17) is 10.5 Å². The summed E-state index contributed by atoms with van der Waals surface area (Å²) in [6.07, 6.45) is 6.45. The molecule has 0 aromatic heterocycles. The maximum atomic E-state index is 11.3. The molecule has 2 heterocycles. The number of primary amides is 1. The number of hydrogen-bond acceptors (Lipinski definition) is 4. The summed E-state index contributed by atoms with van der Waals surface area (Å²) in [6.45, 7) is 7.75. The van der Waals surface area contributed by atoms with Crippen molar-refractivity contribution in [3.63, 3.8) is 0 Å². The summed E-state index contributed by atoms with van der Waals surface area (Å²) in [5.41, 5.74) is 7.96. The average Bonchev–Trinajstić information content (AvgIpc) is 2.82. The van der Waals surface area contributed by atoms with Crippen molar-refractivity contribution in [3.05, 3.63) is 35.4 Å². The fourth-order valence-electron chi connectivity index (χ4n) is 4.73. The number of benzene rings is 1. The van der Waals surface area contributed by atoms with Gasteiger partial charge in [-0.15, -0.1) is 24.0 Å². The number of amides is 1. The molecule has 3 rings (SSSR count). The van der Waals surface area contributed by atoms with Crippen LogP contribution in [-0.4, -0.2) is 63.1 Å². The van der Waals surface area contributed by atoms with Crippen molar-refractivity contribution >= 4 is 35.8 Å². The molecule has 1 amide bonds. The third-order valence-electron chi connectivity index (χ3n) is 6.79. The van der Waals surface area contributed by atoms with E-state index in [2.05, 4.69) is 51.7 Å². The molecule has 0 saturated carbocycles. The number of hydrogen-bond donors (Lipinski definition) is 3. The fraction of sp³-hybridized carbons (Fsp3) is 0.680. The Hall–Kier alpha value is -1.39. The molecule has 186 valence electrons. The SMILES string of the molecule is CN=C(NCCCCN1CCC(C(N)=O)CC1)NCC1CCCOC1c1ccc(C)cc1.I. The Morgan fingerprint density at radius 3 is 2.55 bits per heavy atom. The van der Waals surface area contributed by atoms with Gasteiger partial charge in [0.25, 0.3) is 0 Å². The van der Waals surface area contributed by atoms with Gasteiger partial charge in [0.2, 0.25) is 5.91 Å². The minimum Gasteiger partial charge on any atom is -0.373 e. The third kappa shape index (κ3) is 9.05. The zero-order valence-corrected chi connectivity index (χ0v) is 22.6. The second kappa shape index (κ2) is 14.8. The van der Waals surface area contributed by atoms with Crippen molar-refractivity contribution in [2.24, 2.45) is 22.6 Å². The second-order valence-electron chi connectivity index (χ2n) is 9.21. The third-order valence-corrected chi connectivity index (χ3v) is 6.79. The van der Waals surface area contributed by atoms with E-state index in [1.54, 1.807) is 0 Å². The maximum absolute atomic E-state index is 11.3. The molecule has 0 bridgehead atoms. The van der Waals surface area contributed by atoms with E-state index >= 15 is 0 Å². The van der Waals surface area contributed by atoms with Crippen LogP contribution in [0.1, 0.15) is 55.8 Å². The molecule has 4 N–H and O–H groups in total. The summed E-state index contributed by atoms with van der Waals surface area (Å²) < 4.78 is 6.14. The standard InChI is InChI=1S/C25H41N5O2.HI/c1-19-7-9-20(10-8-19)23-22(6-5-17-32-23)18-29-25(27-2)28-13-3-4-14-30-15-11-21(12-16-30)24(26)31;/h7-10,21-23H,3-6,11-18H2,1-2H3,(H2,26,31)(H2,27,28,29);1H. The Kier molecular flexibility index (Phi) is 12.5. The van der Waals surface area contributed by atoms with Crippen molar-refractivity contribution in [1.82, 2.24) is 15.5 Å². The van der Waals surface area contributed by atoms with E-state index in [0.717, 1.165) is 83.8 Å². The van der Waals surface area contributed by atoms with Crippen LogP contribution in [0.2, 0.25) is 0 Å². The van der Waals surface area contributed by atoms with E-state index in [9.17, 15) is 4.79 Å². The number of piperidine rings is 1. The summed E-state index contributed by atoms with van der Waals surface area (Å²) >= 11 is 0. The molecule has 1 aromatic rings. The Morgan fingerprint density at radius 1 is 1.15 bits per heavy atom. The van der Waals surface area contributed by atoms with Gasteiger partial charge in [0.05, 0.1) is 6.10 Å². The molecule has 2 aliphatic rings. The highest BCUT2D eigenvalue weighted by Crippen LogP contribution is 2.33. The van der Waals surface area contributed by atoms with E-state index in [0.29, 0.717) is 5.92 Å².